The first-order chi connectivity index (χ1) is 13.1. The van der Waals surface area contributed by atoms with Crippen molar-refractivity contribution in [3.05, 3.63) is 60.2 Å². The zero-order valence-electron chi connectivity index (χ0n) is 15.7. The highest BCUT2D eigenvalue weighted by Crippen LogP contribution is 2.28. The minimum absolute atomic E-state index is 0.0398. The molecule has 0 radical (unpaired) electrons. The maximum absolute atomic E-state index is 13.1. The monoisotopic (exact) mass is 363 g/mol. The summed E-state index contributed by atoms with van der Waals surface area (Å²) in [5.74, 6) is 0.117. The molecule has 1 atom stereocenters. The molecule has 140 valence electrons. The quantitative estimate of drug-likeness (QED) is 0.842. The van der Waals surface area contributed by atoms with E-state index in [2.05, 4.69) is 36.1 Å². The Morgan fingerprint density at radius 2 is 1.63 bits per heavy atom. The van der Waals surface area contributed by atoms with E-state index in [1.807, 2.05) is 35.2 Å². The molecule has 2 amide bonds. The van der Waals surface area contributed by atoms with Crippen molar-refractivity contribution in [2.24, 2.45) is 0 Å². The van der Waals surface area contributed by atoms with E-state index in [0.717, 1.165) is 18.8 Å². The predicted molar refractivity (Wildman–Crippen MR) is 107 cm³/mol. The van der Waals surface area contributed by atoms with Crippen LogP contribution in [-0.2, 0) is 9.59 Å². The SMILES string of the molecule is Cc1cccc(N2CCN(C(=O)C3CCC(=O)N3c3ccccc3)CC2)c1. The van der Waals surface area contributed by atoms with Gasteiger partial charge in [0, 0.05) is 44.0 Å². The molecule has 0 aromatic heterocycles. The largest absolute Gasteiger partial charge is 0.368 e. The van der Waals surface area contributed by atoms with Crippen molar-refractivity contribution in [1.82, 2.24) is 4.90 Å². The highest BCUT2D eigenvalue weighted by molar-refractivity contribution is 6.03. The van der Waals surface area contributed by atoms with E-state index in [1.165, 1.54) is 11.3 Å². The van der Waals surface area contributed by atoms with Gasteiger partial charge >= 0.3 is 0 Å². The lowest BCUT2D eigenvalue weighted by Crippen LogP contribution is -2.54. The van der Waals surface area contributed by atoms with E-state index in [1.54, 1.807) is 4.90 Å². The Kier molecular flexibility index (Phi) is 4.84. The lowest BCUT2D eigenvalue weighted by molar-refractivity contribution is -0.133. The second kappa shape index (κ2) is 7.43. The van der Waals surface area contributed by atoms with Crippen molar-refractivity contribution in [3.8, 4) is 0 Å². The van der Waals surface area contributed by atoms with Gasteiger partial charge in [-0.2, -0.15) is 0 Å². The number of aryl methyl sites for hydroxylation is 1. The van der Waals surface area contributed by atoms with E-state index in [9.17, 15) is 9.59 Å². The molecular formula is C22H25N3O2. The Morgan fingerprint density at radius 3 is 2.33 bits per heavy atom. The maximum Gasteiger partial charge on any atom is 0.245 e. The molecule has 5 nitrogen and oxygen atoms in total. The third kappa shape index (κ3) is 3.54. The van der Waals surface area contributed by atoms with E-state index in [-0.39, 0.29) is 17.9 Å². The zero-order valence-corrected chi connectivity index (χ0v) is 15.7. The van der Waals surface area contributed by atoms with Crippen LogP contribution in [0.3, 0.4) is 0 Å². The normalized spacial score (nSPS) is 20.3. The summed E-state index contributed by atoms with van der Waals surface area (Å²) >= 11 is 0. The zero-order chi connectivity index (χ0) is 18.8. The van der Waals surface area contributed by atoms with Crippen LogP contribution >= 0.6 is 0 Å². The third-order valence-electron chi connectivity index (χ3n) is 5.49. The molecule has 2 aliphatic heterocycles. The summed E-state index contributed by atoms with van der Waals surface area (Å²) in [5.41, 5.74) is 3.27. The van der Waals surface area contributed by atoms with Gasteiger partial charge in [0.25, 0.3) is 0 Å². The summed E-state index contributed by atoms with van der Waals surface area (Å²) < 4.78 is 0. The number of hydrogen-bond donors (Lipinski definition) is 0. The first-order valence-electron chi connectivity index (χ1n) is 9.61. The molecule has 0 spiro atoms. The number of carbonyl (C=O) groups is 2. The highest BCUT2D eigenvalue weighted by atomic mass is 16.2. The van der Waals surface area contributed by atoms with Gasteiger partial charge in [-0.25, -0.2) is 0 Å². The molecular weight excluding hydrogens is 338 g/mol. The van der Waals surface area contributed by atoms with Crippen molar-refractivity contribution in [3.63, 3.8) is 0 Å². The van der Waals surface area contributed by atoms with Crippen LogP contribution in [0.1, 0.15) is 18.4 Å². The van der Waals surface area contributed by atoms with Crippen LogP contribution in [0.5, 0.6) is 0 Å². The maximum atomic E-state index is 13.1. The van der Waals surface area contributed by atoms with Gasteiger partial charge in [0.15, 0.2) is 0 Å². The summed E-state index contributed by atoms with van der Waals surface area (Å²) in [7, 11) is 0. The standard InChI is InChI=1S/C22H25N3O2/c1-17-6-5-9-19(16-17)23-12-14-24(15-13-23)22(27)20-10-11-21(26)25(20)18-7-3-2-4-8-18/h2-9,16,20H,10-15H2,1H3. The van der Waals surface area contributed by atoms with Crippen LogP contribution in [0, 0.1) is 6.92 Å². The summed E-state index contributed by atoms with van der Waals surface area (Å²) in [6.45, 7) is 5.13. The number of carbonyl (C=O) groups excluding carboxylic acids is 2. The van der Waals surface area contributed by atoms with Gasteiger partial charge in [-0.05, 0) is 43.2 Å². The van der Waals surface area contributed by atoms with Crippen LogP contribution in [0.2, 0.25) is 0 Å². The van der Waals surface area contributed by atoms with Gasteiger partial charge in [-0.15, -0.1) is 0 Å². The fourth-order valence-corrected chi connectivity index (χ4v) is 4.05. The van der Waals surface area contributed by atoms with Gasteiger partial charge in [-0.3, -0.25) is 14.5 Å². The number of anilines is 2. The van der Waals surface area contributed by atoms with Crippen LogP contribution < -0.4 is 9.80 Å². The molecule has 2 aliphatic rings. The van der Waals surface area contributed by atoms with E-state index >= 15 is 0 Å². The smallest absolute Gasteiger partial charge is 0.245 e. The molecule has 2 heterocycles. The van der Waals surface area contributed by atoms with Crippen LogP contribution in [0.15, 0.2) is 54.6 Å². The molecule has 4 rings (SSSR count). The topological polar surface area (TPSA) is 43.9 Å². The molecule has 27 heavy (non-hydrogen) atoms. The summed E-state index contributed by atoms with van der Waals surface area (Å²) in [6, 6.07) is 17.6. The van der Waals surface area contributed by atoms with Crippen molar-refractivity contribution in [1.29, 1.82) is 0 Å². The average Bonchev–Trinajstić information content (AvgIpc) is 3.09. The summed E-state index contributed by atoms with van der Waals surface area (Å²) in [4.78, 5) is 31.5. The lowest BCUT2D eigenvalue weighted by Gasteiger charge is -2.38. The van der Waals surface area contributed by atoms with Gasteiger partial charge in [-0.1, -0.05) is 30.3 Å². The van der Waals surface area contributed by atoms with Crippen molar-refractivity contribution in [2.45, 2.75) is 25.8 Å². The van der Waals surface area contributed by atoms with Crippen molar-refractivity contribution >= 4 is 23.2 Å². The first-order valence-corrected chi connectivity index (χ1v) is 9.61. The minimum atomic E-state index is -0.370. The number of benzene rings is 2. The molecule has 0 bridgehead atoms. The molecule has 2 fully saturated rings. The Balaban J connectivity index is 1.44. The molecule has 5 heteroatoms. The van der Waals surface area contributed by atoms with Crippen LogP contribution in [-0.4, -0.2) is 48.9 Å². The van der Waals surface area contributed by atoms with E-state index in [4.69, 9.17) is 0 Å². The third-order valence-corrected chi connectivity index (χ3v) is 5.49. The number of hydrogen-bond acceptors (Lipinski definition) is 3. The van der Waals surface area contributed by atoms with Crippen molar-refractivity contribution < 1.29 is 9.59 Å². The summed E-state index contributed by atoms with van der Waals surface area (Å²) in [5, 5.41) is 0. The van der Waals surface area contributed by atoms with Crippen molar-refractivity contribution in [2.75, 3.05) is 36.0 Å². The molecule has 1 unspecified atom stereocenters. The average molecular weight is 363 g/mol. The van der Waals surface area contributed by atoms with Gasteiger partial charge in [0.1, 0.15) is 6.04 Å². The number of para-hydroxylation sites is 1. The molecule has 2 saturated heterocycles. The molecule has 2 aromatic carbocycles. The molecule has 0 N–H and O–H groups in total. The Morgan fingerprint density at radius 1 is 0.926 bits per heavy atom. The molecule has 2 aromatic rings. The first kappa shape index (κ1) is 17.6. The number of rotatable bonds is 3. The minimum Gasteiger partial charge on any atom is -0.368 e. The number of amides is 2. The lowest BCUT2D eigenvalue weighted by atomic mass is 10.1. The van der Waals surface area contributed by atoms with Crippen LogP contribution in [0.4, 0.5) is 11.4 Å². The van der Waals surface area contributed by atoms with Gasteiger partial charge < -0.3 is 9.80 Å². The Bertz CT molecular complexity index is 828. The Labute approximate surface area is 160 Å². The number of piperazine rings is 1. The molecule has 0 saturated carbocycles. The van der Waals surface area contributed by atoms with Crippen LogP contribution in [0.25, 0.3) is 0 Å². The van der Waals surface area contributed by atoms with Gasteiger partial charge in [0.05, 0.1) is 0 Å². The summed E-state index contributed by atoms with van der Waals surface area (Å²) in [6.07, 6.45) is 1.04. The fourth-order valence-electron chi connectivity index (χ4n) is 4.05. The van der Waals surface area contributed by atoms with E-state index < -0.39 is 0 Å². The predicted octanol–water partition coefficient (Wildman–Crippen LogP) is 2.84. The second-order valence-electron chi connectivity index (χ2n) is 7.31. The highest BCUT2D eigenvalue weighted by Gasteiger charge is 2.39. The second-order valence-corrected chi connectivity index (χ2v) is 7.31. The Hall–Kier alpha value is -2.82. The van der Waals surface area contributed by atoms with Gasteiger partial charge in [0.2, 0.25) is 11.8 Å². The van der Waals surface area contributed by atoms with E-state index in [0.29, 0.717) is 25.9 Å². The number of nitrogens with zero attached hydrogens (tertiary/aromatic N) is 3. The molecule has 0 aliphatic carbocycles. The fraction of sp³-hybridized carbons (Fsp3) is 0.364.